The van der Waals surface area contributed by atoms with Crippen LogP contribution in [0.4, 0.5) is 0 Å². The first-order valence-electron chi connectivity index (χ1n) is 14.6. The number of benzene rings is 4. The van der Waals surface area contributed by atoms with Crippen LogP contribution in [0.2, 0.25) is 0 Å². The molecular weight excluding hydrogens is 665 g/mol. The molecule has 0 aliphatic carbocycles. The van der Waals surface area contributed by atoms with E-state index >= 15 is 0 Å². The summed E-state index contributed by atoms with van der Waals surface area (Å²) in [4.78, 5) is 18.8. The first-order valence-corrected chi connectivity index (χ1v) is 15.7. The summed E-state index contributed by atoms with van der Waals surface area (Å²) in [5, 5.41) is 5.22. The lowest BCUT2D eigenvalue weighted by atomic mass is 9.96. The summed E-state index contributed by atoms with van der Waals surface area (Å²) in [6, 6.07) is 23.5. The number of halogens is 1. The smallest absolute Gasteiger partial charge is 0.282 e. The number of aromatic nitrogens is 2. The minimum absolute atomic E-state index is 0.208. The third kappa shape index (κ3) is 6.65. The van der Waals surface area contributed by atoms with Gasteiger partial charge in [-0.1, -0.05) is 55.8 Å². The molecule has 1 heterocycles. The van der Waals surface area contributed by atoms with E-state index in [0.717, 1.165) is 37.1 Å². The van der Waals surface area contributed by atoms with Gasteiger partial charge in [0.05, 0.1) is 34.4 Å². The predicted octanol–water partition coefficient (Wildman–Crippen LogP) is 8.28. The second-order valence-electron chi connectivity index (χ2n) is 10.9. The SMILES string of the molecule is CCOc1cc(C=Nn2c(-c3cc(C(C)C)c(OC)cc3C)nc3ccccc3c2=O)cc(I)c1OCc1cccc(C)c1. The molecule has 1 aromatic heterocycles. The molecular formula is C36H36IN3O4. The molecule has 0 unspecified atom stereocenters. The van der Waals surface area contributed by atoms with Gasteiger partial charge in [-0.2, -0.15) is 9.78 Å². The van der Waals surface area contributed by atoms with Crippen LogP contribution in [0.1, 0.15) is 54.5 Å². The van der Waals surface area contributed by atoms with Crippen molar-refractivity contribution >= 4 is 39.7 Å². The van der Waals surface area contributed by atoms with Crippen molar-refractivity contribution in [1.82, 2.24) is 9.66 Å². The van der Waals surface area contributed by atoms with Gasteiger partial charge in [-0.15, -0.1) is 0 Å². The number of rotatable bonds is 10. The standard InChI is InChI=1S/C36H36IN3O4/c1-7-43-33-18-26(17-30(37)34(33)44-21-25-12-10-11-23(4)15-25)20-38-40-35(39-31-14-9-8-13-27(31)36(40)41)29-19-28(22(2)3)32(42-6)16-24(29)5/h8-20,22H,7,21H2,1-6H3. The van der Waals surface area contributed by atoms with Crippen LogP contribution < -0.4 is 19.8 Å². The van der Waals surface area contributed by atoms with Crippen LogP contribution >= 0.6 is 22.6 Å². The number of nitrogens with zero attached hydrogens (tertiary/aromatic N) is 3. The molecule has 7 nitrogen and oxygen atoms in total. The lowest BCUT2D eigenvalue weighted by Gasteiger charge is -2.17. The van der Waals surface area contributed by atoms with Crippen LogP contribution in [0.15, 0.2) is 82.7 Å². The van der Waals surface area contributed by atoms with E-state index in [1.165, 1.54) is 10.2 Å². The lowest BCUT2D eigenvalue weighted by molar-refractivity contribution is 0.267. The molecule has 0 fully saturated rings. The van der Waals surface area contributed by atoms with E-state index in [1.54, 1.807) is 19.4 Å². The van der Waals surface area contributed by atoms with Gasteiger partial charge in [0.25, 0.3) is 5.56 Å². The largest absolute Gasteiger partial charge is 0.496 e. The van der Waals surface area contributed by atoms with Crippen molar-refractivity contribution in [2.24, 2.45) is 5.10 Å². The Labute approximate surface area is 271 Å². The number of hydrogen-bond acceptors (Lipinski definition) is 6. The molecule has 5 rings (SSSR count). The fraction of sp³-hybridized carbons (Fsp3) is 0.250. The first kappa shape index (κ1) is 31.3. The van der Waals surface area contributed by atoms with E-state index in [0.29, 0.717) is 41.4 Å². The summed E-state index contributed by atoms with van der Waals surface area (Å²) in [6.07, 6.45) is 1.67. The molecule has 0 amide bonds. The van der Waals surface area contributed by atoms with Crippen molar-refractivity contribution in [3.63, 3.8) is 0 Å². The number of hydrogen-bond donors (Lipinski definition) is 0. The fourth-order valence-corrected chi connectivity index (χ4v) is 5.90. The van der Waals surface area contributed by atoms with E-state index in [9.17, 15) is 4.79 Å². The van der Waals surface area contributed by atoms with Gasteiger partial charge in [-0.05, 0) is 108 Å². The summed E-state index contributed by atoms with van der Waals surface area (Å²) >= 11 is 2.25. The van der Waals surface area contributed by atoms with Gasteiger partial charge in [0.2, 0.25) is 0 Å². The van der Waals surface area contributed by atoms with Gasteiger partial charge in [-0.3, -0.25) is 4.79 Å². The Balaban J connectivity index is 1.60. The molecule has 0 atom stereocenters. The topological polar surface area (TPSA) is 74.9 Å². The van der Waals surface area contributed by atoms with Gasteiger partial charge in [-0.25, -0.2) is 4.98 Å². The molecule has 0 spiro atoms. The summed E-state index contributed by atoms with van der Waals surface area (Å²) in [5.74, 6) is 2.77. The van der Waals surface area contributed by atoms with E-state index < -0.39 is 0 Å². The maximum atomic E-state index is 13.9. The third-order valence-corrected chi connectivity index (χ3v) is 8.11. The maximum absolute atomic E-state index is 13.9. The second kappa shape index (κ2) is 13.6. The minimum atomic E-state index is -0.249. The average Bonchev–Trinajstić information content (AvgIpc) is 3.00. The molecule has 4 aromatic carbocycles. The highest BCUT2D eigenvalue weighted by molar-refractivity contribution is 14.1. The highest BCUT2D eigenvalue weighted by atomic mass is 127. The van der Waals surface area contributed by atoms with Crippen molar-refractivity contribution in [2.75, 3.05) is 13.7 Å². The van der Waals surface area contributed by atoms with Crippen LogP contribution in [0.3, 0.4) is 0 Å². The summed E-state index contributed by atoms with van der Waals surface area (Å²) < 4.78 is 20.1. The van der Waals surface area contributed by atoms with E-state index in [1.807, 2.05) is 62.4 Å². The van der Waals surface area contributed by atoms with Gasteiger partial charge in [0.15, 0.2) is 17.3 Å². The molecule has 0 saturated heterocycles. The number of aryl methyl sites for hydroxylation is 2. The van der Waals surface area contributed by atoms with Crippen molar-refractivity contribution in [3.8, 4) is 28.6 Å². The van der Waals surface area contributed by atoms with Crippen molar-refractivity contribution in [2.45, 2.75) is 47.1 Å². The Hall–Kier alpha value is -4.18. The lowest BCUT2D eigenvalue weighted by Crippen LogP contribution is -2.21. The summed E-state index contributed by atoms with van der Waals surface area (Å²) in [5.41, 5.74) is 6.17. The fourth-order valence-electron chi connectivity index (χ4n) is 5.12. The zero-order valence-electron chi connectivity index (χ0n) is 25.8. The number of fused-ring (bicyclic) bond motifs is 1. The summed E-state index contributed by atoms with van der Waals surface area (Å²) in [6.45, 7) is 11.1. The molecule has 0 aliphatic rings. The second-order valence-corrected chi connectivity index (χ2v) is 12.1. The Morgan fingerprint density at radius 3 is 2.50 bits per heavy atom. The third-order valence-electron chi connectivity index (χ3n) is 7.31. The Bertz CT molecular complexity index is 1910. The van der Waals surface area contributed by atoms with Gasteiger partial charge in [0, 0.05) is 5.56 Å². The van der Waals surface area contributed by atoms with Gasteiger partial charge in [0.1, 0.15) is 12.4 Å². The average molecular weight is 702 g/mol. The van der Waals surface area contributed by atoms with E-state index in [2.05, 4.69) is 61.6 Å². The quantitative estimate of drug-likeness (QED) is 0.108. The minimum Gasteiger partial charge on any atom is -0.496 e. The van der Waals surface area contributed by atoms with E-state index in [-0.39, 0.29) is 11.5 Å². The molecule has 0 N–H and O–H groups in total. The molecule has 0 saturated carbocycles. The highest BCUT2D eigenvalue weighted by Gasteiger charge is 2.19. The van der Waals surface area contributed by atoms with Crippen LogP contribution in [0.25, 0.3) is 22.3 Å². The van der Waals surface area contributed by atoms with Crippen LogP contribution in [-0.4, -0.2) is 29.6 Å². The van der Waals surface area contributed by atoms with Crippen LogP contribution in [0, 0.1) is 17.4 Å². The summed E-state index contributed by atoms with van der Waals surface area (Å²) in [7, 11) is 1.67. The molecule has 0 radical (unpaired) electrons. The van der Waals surface area contributed by atoms with Gasteiger partial charge < -0.3 is 14.2 Å². The Morgan fingerprint density at radius 2 is 1.77 bits per heavy atom. The van der Waals surface area contributed by atoms with Crippen molar-refractivity contribution in [1.29, 1.82) is 0 Å². The maximum Gasteiger partial charge on any atom is 0.282 e. The Morgan fingerprint density at radius 1 is 0.977 bits per heavy atom. The molecule has 0 aliphatic heterocycles. The molecule has 8 heteroatoms. The van der Waals surface area contributed by atoms with Crippen molar-refractivity contribution < 1.29 is 14.2 Å². The van der Waals surface area contributed by atoms with Crippen LogP contribution in [0.5, 0.6) is 17.2 Å². The first-order chi connectivity index (χ1) is 21.2. The van der Waals surface area contributed by atoms with Crippen molar-refractivity contribution in [3.05, 3.63) is 115 Å². The predicted molar refractivity (Wildman–Crippen MR) is 186 cm³/mol. The van der Waals surface area contributed by atoms with Crippen LogP contribution in [-0.2, 0) is 6.61 Å². The zero-order valence-corrected chi connectivity index (χ0v) is 28.0. The number of ether oxygens (including phenoxy) is 3. The molecule has 226 valence electrons. The Kier molecular flexibility index (Phi) is 9.68. The monoisotopic (exact) mass is 701 g/mol. The highest BCUT2D eigenvalue weighted by Crippen LogP contribution is 2.36. The number of methoxy groups -OCH3 is 1. The number of para-hydroxylation sites is 1. The van der Waals surface area contributed by atoms with Gasteiger partial charge >= 0.3 is 0 Å². The molecule has 0 bridgehead atoms. The van der Waals surface area contributed by atoms with E-state index in [4.69, 9.17) is 24.3 Å². The molecule has 44 heavy (non-hydrogen) atoms. The molecule has 5 aromatic rings. The zero-order chi connectivity index (χ0) is 31.4. The normalized spacial score (nSPS) is 11.5.